The molecule has 1 aromatic heterocycles. The molecule has 0 fully saturated rings. The summed E-state index contributed by atoms with van der Waals surface area (Å²) in [4.78, 5) is 26.5. The summed E-state index contributed by atoms with van der Waals surface area (Å²) in [5, 5.41) is 8.14. The Bertz CT molecular complexity index is 1380. The number of ether oxygens (including phenoxy) is 3. The van der Waals surface area contributed by atoms with Crippen LogP contribution in [-0.2, 0) is 6.54 Å². The van der Waals surface area contributed by atoms with Crippen molar-refractivity contribution in [2.45, 2.75) is 6.54 Å². The van der Waals surface area contributed by atoms with Gasteiger partial charge >= 0.3 is 0 Å². The SMILES string of the molecule is COc1ccc(-n2nc(C(=O)NCc3ccccc3OC)c3ccccc3c2=O)c(OC)c1. The molecule has 0 saturated heterocycles. The van der Waals surface area contributed by atoms with E-state index in [2.05, 4.69) is 10.4 Å². The van der Waals surface area contributed by atoms with Gasteiger partial charge in [-0.3, -0.25) is 9.59 Å². The lowest BCUT2D eigenvalue weighted by molar-refractivity contribution is 0.0946. The number of carbonyl (C=O) groups excluding carboxylic acids is 1. The number of amides is 1. The van der Waals surface area contributed by atoms with Gasteiger partial charge in [0.15, 0.2) is 5.69 Å². The van der Waals surface area contributed by atoms with Crippen LogP contribution in [0.25, 0.3) is 16.5 Å². The van der Waals surface area contributed by atoms with Crippen molar-refractivity contribution in [3.8, 4) is 22.9 Å². The molecule has 0 aliphatic heterocycles. The smallest absolute Gasteiger partial charge is 0.279 e. The van der Waals surface area contributed by atoms with E-state index in [4.69, 9.17) is 14.2 Å². The third kappa shape index (κ3) is 4.23. The van der Waals surface area contributed by atoms with Gasteiger partial charge in [-0.1, -0.05) is 36.4 Å². The number of methoxy groups -OCH3 is 3. The van der Waals surface area contributed by atoms with Crippen LogP contribution in [0.1, 0.15) is 16.1 Å². The number of carbonyl (C=O) groups is 1. The normalized spacial score (nSPS) is 10.6. The highest BCUT2D eigenvalue weighted by Gasteiger charge is 2.19. The molecule has 0 spiro atoms. The number of nitrogens with zero attached hydrogens (tertiary/aromatic N) is 2. The van der Waals surface area contributed by atoms with E-state index in [1.807, 2.05) is 24.3 Å². The highest BCUT2D eigenvalue weighted by molar-refractivity contribution is 6.04. The molecule has 3 aromatic carbocycles. The molecule has 0 bridgehead atoms. The fourth-order valence-corrected chi connectivity index (χ4v) is 3.59. The van der Waals surface area contributed by atoms with Crippen molar-refractivity contribution in [3.63, 3.8) is 0 Å². The van der Waals surface area contributed by atoms with Crippen LogP contribution in [0.15, 0.2) is 71.5 Å². The minimum absolute atomic E-state index is 0.123. The number of nitrogens with one attached hydrogen (secondary N) is 1. The zero-order valence-electron chi connectivity index (χ0n) is 18.5. The van der Waals surface area contributed by atoms with Crippen molar-refractivity contribution >= 4 is 16.7 Å². The quantitative estimate of drug-likeness (QED) is 0.469. The Morgan fingerprint density at radius 1 is 0.879 bits per heavy atom. The van der Waals surface area contributed by atoms with E-state index in [9.17, 15) is 9.59 Å². The Hall–Kier alpha value is -4.33. The van der Waals surface area contributed by atoms with Crippen LogP contribution >= 0.6 is 0 Å². The first-order valence-electron chi connectivity index (χ1n) is 10.2. The Balaban J connectivity index is 1.80. The first kappa shape index (κ1) is 21.9. The van der Waals surface area contributed by atoms with Crippen molar-refractivity contribution < 1.29 is 19.0 Å². The fraction of sp³-hybridized carbons (Fsp3) is 0.160. The number of benzene rings is 3. The molecule has 4 rings (SSSR count). The molecule has 168 valence electrons. The molecule has 0 atom stereocenters. The summed E-state index contributed by atoms with van der Waals surface area (Å²) in [5.74, 6) is 1.21. The van der Waals surface area contributed by atoms with Crippen molar-refractivity contribution in [1.82, 2.24) is 15.1 Å². The largest absolute Gasteiger partial charge is 0.497 e. The van der Waals surface area contributed by atoms with Gasteiger partial charge in [-0.15, -0.1) is 0 Å². The predicted molar refractivity (Wildman–Crippen MR) is 125 cm³/mol. The topological polar surface area (TPSA) is 91.7 Å². The average molecular weight is 445 g/mol. The maximum absolute atomic E-state index is 13.3. The van der Waals surface area contributed by atoms with Crippen LogP contribution in [0.2, 0.25) is 0 Å². The molecule has 0 aliphatic carbocycles. The van der Waals surface area contributed by atoms with E-state index in [0.29, 0.717) is 33.7 Å². The van der Waals surface area contributed by atoms with Crippen LogP contribution in [0.3, 0.4) is 0 Å². The van der Waals surface area contributed by atoms with E-state index in [1.165, 1.54) is 11.8 Å². The second-order valence-corrected chi connectivity index (χ2v) is 7.14. The highest BCUT2D eigenvalue weighted by atomic mass is 16.5. The monoisotopic (exact) mass is 445 g/mol. The molecule has 0 aliphatic rings. The van der Waals surface area contributed by atoms with Crippen molar-refractivity contribution in [2.75, 3.05) is 21.3 Å². The summed E-state index contributed by atoms with van der Waals surface area (Å²) in [6, 6.07) is 19.3. The lowest BCUT2D eigenvalue weighted by atomic mass is 10.1. The van der Waals surface area contributed by atoms with Gasteiger partial charge in [-0.25, -0.2) is 0 Å². The summed E-state index contributed by atoms with van der Waals surface area (Å²) in [5.41, 5.74) is 0.976. The predicted octanol–water partition coefficient (Wildman–Crippen LogP) is 3.34. The summed E-state index contributed by atoms with van der Waals surface area (Å²) in [6.07, 6.45) is 0. The summed E-state index contributed by atoms with van der Waals surface area (Å²) >= 11 is 0. The maximum atomic E-state index is 13.3. The number of aromatic nitrogens is 2. The molecule has 4 aromatic rings. The summed E-state index contributed by atoms with van der Waals surface area (Å²) in [7, 11) is 4.61. The molecule has 1 amide bonds. The average Bonchev–Trinajstić information content (AvgIpc) is 2.87. The van der Waals surface area contributed by atoms with Crippen LogP contribution in [0.5, 0.6) is 17.2 Å². The number of hydrogen-bond acceptors (Lipinski definition) is 6. The molecule has 8 nitrogen and oxygen atoms in total. The molecule has 0 saturated carbocycles. The maximum Gasteiger partial charge on any atom is 0.279 e. The van der Waals surface area contributed by atoms with Crippen molar-refractivity contribution in [1.29, 1.82) is 0 Å². The number of para-hydroxylation sites is 1. The van der Waals surface area contributed by atoms with E-state index in [-0.39, 0.29) is 17.8 Å². The van der Waals surface area contributed by atoms with Gasteiger partial charge in [0.2, 0.25) is 0 Å². The van der Waals surface area contributed by atoms with E-state index in [0.717, 1.165) is 5.56 Å². The Morgan fingerprint density at radius 3 is 2.30 bits per heavy atom. The molecule has 0 radical (unpaired) electrons. The molecule has 1 N–H and O–H groups in total. The highest BCUT2D eigenvalue weighted by Crippen LogP contribution is 2.27. The standard InChI is InChI=1S/C25H23N3O5/c1-31-17-12-13-20(22(14-17)33-3)28-25(30)19-10-6-5-9-18(19)23(27-28)24(29)26-15-16-8-4-7-11-21(16)32-2/h4-14H,15H2,1-3H3,(H,26,29). The van der Waals surface area contributed by atoms with Crippen LogP contribution in [0, 0.1) is 0 Å². The van der Waals surface area contributed by atoms with Gasteiger partial charge in [-0.05, 0) is 24.3 Å². The summed E-state index contributed by atoms with van der Waals surface area (Å²) in [6.45, 7) is 0.240. The van der Waals surface area contributed by atoms with Crippen molar-refractivity contribution in [3.05, 3.63) is 88.3 Å². The second-order valence-electron chi connectivity index (χ2n) is 7.14. The van der Waals surface area contributed by atoms with Gasteiger partial charge in [0.1, 0.15) is 22.9 Å². The molecular weight excluding hydrogens is 422 g/mol. The number of hydrogen-bond donors (Lipinski definition) is 1. The van der Waals surface area contributed by atoms with Gasteiger partial charge in [0, 0.05) is 23.6 Å². The zero-order valence-corrected chi connectivity index (χ0v) is 18.5. The lowest BCUT2D eigenvalue weighted by Crippen LogP contribution is -2.30. The van der Waals surface area contributed by atoms with Gasteiger partial charge in [0.05, 0.1) is 26.7 Å². The lowest BCUT2D eigenvalue weighted by Gasteiger charge is -2.15. The fourth-order valence-electron chi connectivity index (χ4n) is 3.59. The van der Waals surface area contributed by atoms with Crippen molar-refractivity contribution in [2.24, 2.45) is 0 Å². The molecule has 0 unspecified atom stereocenters. The summed E-state index contributed by atoms with van der Waals surface area (Å²) < 4.78 is 17.2. The molecule has 8 heteroatoms. The Morgan fingerprint density at radius 2 is 1.58 bits per heavy atom. The third-order valence-electron chi connectivity index (χ3n) is 5.27. The van der Waals surface area contributed by atoms with E-state index < -0.39 is 5.91 Å². The number of fused-ring (bicyclic) bond motifs is 1. The van der Waals surface area contributed by atoms with Crippen LogP contribution < -0.4 is 25.1 Å². The van der Waals surface area contributed by atoms with Crippen LogP contribution in [0.4, 0.5) is 0 Å². The second kappa shape index (κ2) is 9.44. The van der Waals surface area contributed by atoms with Gasteiger partial charge < -0.3 is 19.5 Å². The third-order valence-corrected chi connectivity index (χ3v) is 5.27. The first-order chi connectivity index (χ1) is 16.1. The molecular formula is C25H23N3O5. The first-order valence-corrected chi connectivity index (χ1v) is 10.2. The van der Waals surface area contributed by atoms with Gasteiger partial charge in [-0.2, -0.15) is 9.78 Å². The zero-order chi connectivity index (χ0) is 23.4. The van der Waals surface area contributed by atoms with Gasteiger partial charge in [0.25, 0.3) is 11.5 Å². The van der Waals surface area contributed by atoms with E-state index >= 15 is 0 Å². The minimum atomic E-state index is -0.418. The Kier molecular flexibility index (Phi) is 6.26. The molecule has 33 heavy (non-hydrogen) atoms. The number of rotatable bonds is 7. The Labute approximate surface area is 190 Å². The minimum Gasteiger partial charge on any atom is -0.497 e. The van der Waals surface area contributed by atoms with E-state index in [1.54, 1.807) is 56.7 Å². The molecule has 1 heterocycles. The van der Waals surface area contributed by atoms with Crippen LogP contribution in [-0.4, -0.2) is 37.0 Å².